The maximum atomic E-state index is 12.0. The van der Waals surface area contributed by atoms with E-state index in [4.69, 9.17) is 0 Å². The van der Waals surface area contributed by atoms with E-state index in [9.17, 15) is 4.79 Å². The largest absolute Gasteiger partial charge is 0.292 e. The summed E-state index contributed by atoms with van der Waals surface area (Å²) in [5.41, 5.74) is 0.636. The normalized spacial score (nSPS) is 26.2. The zero-order chi connectivity index (χ0) is 10.7. The van der Waals surface area contributed by atoms with Crippen LogP contribution in [0.25, 0.3) is 0 Å². The fourth-order valence-electron chi connectivity index (χ4n) is 2.24. The van der Waals surface area contributed by atoms with Crippen LogP contribution in [-0.4, -0.2) is 10.8 Å². The van der Waals surface area contributed by atoms with Crippen LogP contribution < -0.4 is 0 Å². The SMILES string of the molecule is CC1CCC(C(=O)c2ccccn2)CC1. The highest BCUT2D eigenvalue weighted by Crippen LogP contribution is 2.30. The van der Waals surface area contributed by atoms with Gasteiger partial charge in [0, 0.05) is 12.1 Å². The molecule has 0 atom stereocenters. The van der Waals surface area contributed by atoms with Gasteiger partial charge in [-0.2, -0.15) is 0 Å². The predicted molar refractivity (Wildman–Crippen MR) is 59.7 cm³/mol. The Morgan fingerprint density at radius 1 is 1.27 bits per heavy atom. The molecule has 0 unspecified atom stereocenters. The molecule has 0 amide bonds. The van der Waals surface area contributed by atoms with Gasteiger partial charge in [-0.15, -0.1) is 0 Å². The molecule has 0 radical (unpaired) electrons. The minimum Gasteiger partial charge on any atom is -0.292 e. The molecule has 1 heterocycles. The highest BCUT2D eigenvalue weighted by molar-refractivity contribution is 5.96. The Morgan fingerprint density at radius 2 is 2.00 bits per heavy atom. The lowest BCUT2D eigenvalue weighted by Crippen LogP contribution is -2.21. The molecule has 0 spiro atoms. The molecular formula is C13H17NO. The van der Waals surface area contributed by atoms with Gasteiger partial charge < -0.3 is 0 Å². The summed E-state index contributed by atoms with van der Waals surface area (Å²) in [5.74, 6) is 1.25. The van der Waals surface area contributed by atoms with Crippen molar-refractivity contribution in [1.82, 2.24) is 4.98 Å². The van der Waals surface area contributed by atoms with Gasteiger partial charge in [0.2, 0.25) is 0 Å². The van der Waals surface area contributed by atoms with Crippen molar-refractivity contribution < 1.29 is 4.79 Å². The fourth-order valence-corrected chi connectivity index (χ4v) is 2.24. The molecule has 0 saturated heterocycles. The molecule has 1 saturated carbocycles. The molecule has 0 N–H and O–H groups in total. The average molecular weight is 203 g/mol. The molecular weight excluding hydrogens is 186 g/mol. The number of carbonyl (C=O) groups excluding carboxylic acids is 1. The number of hydrogen-bond acceptors (Lipinski definition) is 2. The third-order valence-corrected chi connectivity index (χ3v) is 3.30. The van der Waals surface area contributed by atoms with Crippen molar-refractivity contribution in [2.24, 2.45) is 11.8 Å². The summed E-state index contributed by atoms with van der Waals surface area (Å²) < 4.78 is 0. The Bertz CT molecular complexity index is 326. The van der Waals surface area contributed by atoms with Crippen LogP contribution in [0.5, 0.6) is 0 Å². The van der Waals surface area contributed by atoms with E-state index in [2.05, 4.69) is 11.9 Å². The third kappa shape index (κ3) is 2.44. The van der Waals surface area contributed by atoms with E-state index < -0.39 is 0 Å². The molecule has 15 heavy (non-hydrogen) atoms. The van der Waals surface area contributed by atoms with Gasteiger partial charge in [-0.1, -0.05) is 25.8 Å². The molecule has 2 nitrogen and oxygen atoms in total. The predicted octanol–water partition coefficient (Wildman–Crippen LogP) is 3.09. The van der Waals surface area contributed by atoms with Crippen molar-refractivity contribution in [3.05, 3.63) is 30.1 Å². The zero-order valence-electron chi connectivity index (χ0n) is 9.15. The van der Waals surface area contributed by atoms with Crippen molar-refractivity contribution in [2.75, 3.05) is 0 Å². The molecule has 2 rings (SSSR count). The first kappa shape index (κ1) is 10.3. The summed E-state index contributed by atoms with van der Waals surface area (Å²) in [7, 11) is 0. The standard InChI is InChI=1S/C13H17NO/c1-10-5-7-11(8-6-10)13(15)12-4-2-3-9-14-12/h2-4,9-11H,5-8H2,1H3. The highest BCUT2D eigenvalue weighted by atomic mass is 16.1. The first-order valence-corrected chi connectivity index (χ1v) is 5.72. The lowest BCUT2D eigenvalue weighted by molar-refractivity contribution is 0.0870. The molecule has 1 aromatic heterocycles. The summed E-state index contributed by atoms with van der Waals surface area (Å²) in [6.07, 6.45) is 6.14. The first-order chi connectivity index (χ1) is 7.27. The summed E-state index contributed by atoms with van der Waals surface area (Å²) >= 11 is 0. The van der Waals surface area contributed by atoms with Crippen molar-refractivity contribution in [1.29, 1.82) is 0 Å². The maximum Gasteiger partial charge on any atom is 0.184 e. The second-order valence-corrected chi connectivity index (χ2v) is 4.54. The van der Waals surface area contributed by atoms with E-state index in [0.29, 0.717) is 5.69 Å². The number of Topliss-reactive ketones (excluding diaryl/α,β-unsaturated/α-hetero) is 1. The van der Waals surface area contributed by atoms with Gasteiger partial charge in [0.1, 0.15) is 5.69 Å². The van der Waals surface area contributed by atoms with Gasteiger partial charge in [-0.25, -0.2) is 0 Å². The summed E-state index contributed by atoms with van der Waals surface area (Å²) in [5, 5.41) is 0. The Labute approximate surface area is 90.7 Å². The third-order valence-electron chi connectivity index (χ3n) is 3.30. The van der Waals surface area contributed by atoms with Crippen molar-refractivity contribution in [3.63, 3.8) is 0 Å². The van der Waals surface area contributed by atoms with Crippen molar-refractivity contribution in [2.45, 2.75) is 32.6 Å². The Kier molecular flexibility index (Phi) is 3.14. The van der Waals surface area contributed by atoms with Crippen LogP contribution >= 0.6 is 0 Å². The summed E-state index contributed by atoms with van der Waals surface area (Å²) in [6, 6.07) is 5.55. The Hall–Kier alpha value is -1.18. The minimum absolute atomic E-state index is 0.219. The zero-order valence-corrected chi connectivity index (χ0v) is 9.15. The number of hydrogen-bond donors (Lipinski definition) is 0. The van der Waals surface area contributed by atoms with Gasteiger partial charge in [0.05, 0.1) is 0 Å². The lowest BCUT2D eigenvalue weighted by atomic mass is 9.80. The topological polar surface area (TPSA) is 30.0 Å². The van der Waals surface area contributed by atoms with Crippen LogP contribution in [0, 0.1) is 11.8 Å². The molecule has 1 aliphatic carbocycles. The second kappa shape index (κ2) is 4.56. The molecule has 0 bridgehead atoms. The van der Waals surface area contributed by atoms with Gasteiger partial charge in [-0.3, -0.25) is 9.78 Å². The van der Waals surface area contributed by atoms with Gasteiger partial charge in [-0.05, 0) is 30.9 Å². The number of ketones is 1. The quantitative estimate of drug-likeness (QED) is 0.691. The van der Waals surface area contributed by atoms with E-state index >= 15 is 0 Å². The molecule has 80 valence electrons. The van der Waals surface area contributed by atoms with Crippen LogP contribution in [0.15, 0.2) is 24.4 Å². The summed E-state index contributed by atoms with van der Waals surface area (Å²) in [6.45, 7) is 2.27. The number of aromatic nitrogens is 1. The second-order valence-electron chi connectivity index (χ2n) is 4.54. The lowest BCUT2D eigenvalue weighted by Gasteiger charge is -2.24. The number of carbonyl (C=O) groups is 1. The number of nitrogens with zero attached hydrogens (tertiary/aromatic N) is 1. The van der Waals surface area contributed by atoms with Crippen LogP contribution in [0.2, 0.25) is 0 Å². The molecule has 2 heteroatoms. The van der Waals surface area contributed by atoms with E-state index in [1.54, 1.807) is 6.20 Å². The van der Waals surface area contributed by atoms with E-state index in [0.717, 1.165) is 18.8 Å². The van der Waals surface area contributed by atoms with E-state index in [1.165, 1.54) is 12.8 Å². The maximum absolute atomic E-state index is 12.0. The smallest absolute Gasteiger partial charge is 0.184 e. The monoisotopic (exact) mass is 203 g/mol. The van der Waals surface area contributed by atoms with Crippen LogP contribution in [-0.2, 0) is 0 Å². The van der Waals surface area contributed by atoms with Gasteiger partial charge in [0.25, 0.3) is 0 Å². The number of rotatable bonds is 2. The molecule has 0 aliphatic heterocycles. The Balaban J connectivity index is 2.03. The number of pyridine rings is 1. The molecule has 0 aromatic carbocycles. The fraction of sp³-hybridized carbons (Fsp3) is 0.538. The van der Waals surface area contributed by atoms with Crippen molar-refractivity contribution >= 4 is 5.78 Å². The molecule has 1 fully saturated rings. The van der Waals surface area contributed by atoms with Crippen molar-refractivity contribution in [3.8, 4) is 0 Å². The van der Waals surface area contributed by atoms with Crippen LogP contribution in [0.1, 0.15) is 43.1 Å². The minimum atomic E-state index is 0.219. The van der Waals surface area contributed by atoms with Crippen LogP contribution in [0.4, 0.5) is 0 Å². The van der Waals surface area contributed by atoms with Crippen LogP contribution in [0.3, 0.4) is 0 Å². The van der Waals surface area contributed by atoms with E-state index in [1.807, 2.05) is 18.2 Å². The molecule has 1 aromatic rings. The first-order valence-electron chi connectivity index (χ1n) is 5.72. The van der Waals surface area contributed by atoms with Gasteiger partial charge in [0.15, 0.2) is 5.78 Å². The summed E-state index contributed by atoms with van der Waals surface area (Å²) in [4.78, 5) is 16.2. The molecule has 1 aliphatic rings. The average Bonchev–Trinajstić information content (AvgIpc) is 2.30. The van der Waals surface area contributed by atoms with Gasteiger partial charge >= 0.3 is 0 Å². The highest BCUT2D eigenvalue weighted by Gasteiger charge is 2.25. The van der Waals surface area contributed by atoms with E-state index in [-0.39, 0.29) is 11.7 Å². The Morgan fingerprint density at radius 3 is 2.60 bits per heavy atom.